The van der Waals surface area contributed by atoms with Crippen LogP contribution in [-0.2, 0) is 0 Å². The van der Waals surface area contributed by atoms with E-state index in [1.807, 2.05) is 6.07 Å². The lowest BCUT2D eigenvalue weighted by Crippen LogP contribution is -1.91. The molecule has 1 heterocycles. The van der Waals surface area contributed by atoms with Gasteiger partial charge in [-0.15, -0.1) is 0 Å². The number of alkyl halides is 1. The fraction of sp³-hybridized carbons (Fsp3) is 0.143. The van der Waals surface area contributed by atoms with Gasteiger partial charge in [0.2, 0.25) is 0 Å². The summed E-state index contributed by atoms with van der Waals surface area (Å²) in [6.45, 7) is 0. The second kappa shape index (κ2) is 4.29. The zero-order valence-corrected chi connectivity index (χ0v) is 8.26. The highest BCUT2D eigenvalue weighted by atomic mass is 79.9. The van der Waals surface area contributed by atoms with E-state index in [9.17, 15) is 0 Å². The molecular weight excluding hydrogens is 243 g/mol. The van der Waals surface area contributed by atoms with E-state index >= 15 is 0 Å². The molecule has 1 aromatic heterocycles. The van der Waals surface area contributed by atoms with Crippen molar-refractivity contribution in [3.63, 3.8) is 0 Å². The quantitative estimate of drug-likeness (QED) is 0.595. The first-order valence-electron chi connectivity index (χ1n) is 3.02. The molecule has 3 nitrogen and oxygen atoms in total. The van der Waals surface area contributed by atoms with Gasteiger partial charge >= 0.3 is 0 Å². The molecule has 0 unspecified atom stereocenters. The Morgan fingerprint density at radius 2 is 2.50 bits per heavy atom. The van der Waals surface area contributed by atoms with Crippen LogP contribution in [0.5, 0.6) is 5.75 Å². The number of nitrogens with zero attached hydrogens (tertiary/aromatic N) is 2. The summed E-state index contributed by atoms with van der Waals surface area (Å²) in [6, 6.07) is 3.44. The lowest BCUT2D eigenvalue weighted by atomic mass is 10.3. The van der Waals surface area contributed by atoms with E-state index in [1.165, 1.54) is 12.3 Å². The third-order valence-electron chi connectivity index (χ3n) is 1.16. The van der Waals surface area contributed by atoms with E-state index in [4.69, 9.17) is 21.6 Å². The van der Waals surface area contributed by atoms with E-state index in [0.717, 1.165) is 0 Å². The Kier molecular flexibility index (Phi) is 3.32. The minimum Gasteiger partial charge on any atom is -0.481 e. The Morgan fingerprint density at radius 1 is 1.75 bits per heavy atom. The molecule has 0 aliphatic heterocycles. The monoisotopic (exact) mass is 246 g/mol. The van der Waals surface area contributed by atoms with Gasteiger partial charge < -0.3 is 4.74 Å². The number of hydrogen-bond acceptors (Lipinski definition) is 3. The largest absolute Gasteiger partial charge is 0.481 e. The normalized spacial score (nSPS) is 9.08. The first kappa shape index (κ1) is 9.30. The molecular formula is C7H4BrClN2O. The maximum absolute atomic E-state index is 8.57. The van der Waals surface area contributed by atoms with Crippen molar-refractivity contribution in [2.45, 2.75) is 0 Å². The molecule has 0 fully saturated rings. The van der Waals surface area contributed by atoms with Crippen molar-refractivity contribution < 1.29 is 4.74 Å². The minimum atomic E-state index is 0.194. The van der Waals surface area contributed by atoms with Crippen molar-refractivity contribution in [1.29, 1.82) is 5.26 Å². The highest BCUT2D eigenvalue weighted by Crippen LogP contribution is 2.18. The van der Waals surface area contributed by atoms with Crippen LogP contribution < -0.4 is 4.74 Å². The van der Waals surface area contributed by atoms with Crippen LogP contribution in [0.25, 0.3) is 0 Å². The van der Waals surface area contributed by atoms with E-state index in [2.05, 4.69) is 20.9 Å². The second-order valence-electron chi connectivity index (χ2n) is 1.87. The first-order valence-corrected chi connectivity index (χ1v) is 4.52. The van der Waals surface area contributed by atoms with E-state index in [-0.39, 0.29) is 5.15 Å². The maximum Gasteiger partial charge on any atom is 0.147 e. The zero-order chi connectivity index (χ0) is 8.97. The average molecular weight is 247 g/mol. The predicted molar refractivity (Wildman–Crippen MR) is 48.4 cm³/mol. The van der Waals surface area contributed by atoms with E-state index in [1.54, 1.807) is 0 Å². The maximum atomic E-state index is 8.57. The van der Waals surface area contributed by atoms with Crippen LogP contribution in [0, 0.1) is 11.3 Å². The summed E-state index contributed by atoms with van der Waals surface area (Å²) in [6.07, 6.45) is 1.46. The fourth-order valence-electron chi connectivity index (χ4n) is 0.649. The van der Waals surface area contributed by atoms with Crippen LogP contribution in [0.1, 0.15) is 5.56 Å². The summed E-state index contributed by atoms with van der Waals surface area (Å²) in [4.78, 5) is 3.77. The number of nitriles is 1. The number of aromatic nitrogens is 1. The lowest BCUT2D eigenvalue weighted by molar-refractivity contribution is 0.396. The fourth-order valence-corrected chi connectivity index (χ4v) is 1.06. The van der Waals surface area contributed by atoms with Crippen molar-refractivity contribution >= 4 is 27.5 Å². The van der Waals surface area contributed by atoms with Crippen molar-refractivity contribution in [2.24, 2.45) is 0 Å². The number of halogens is 2. The van der Waals surface area contributed by atoms with Gasteiger partial charge in [0, 0.05) is 6.07 Å². The minimum absolute atomic E-state index is 0.194. The Morgan fingerprint density at radius 3 is 3.08 bits per heavy atom. The smallest absolute Gasteiger partial charge is 0.147 e. The molecule has 1 rings (SSSR count). The number of hydrogen-bond donors (Lipinski definition) is 0. The van der Waals surface area contributed by atoms with Gasteiger partial charge in [0.25, 0.3) is 0 Å². The number of pyridine rings is 1. The molecule has 0 amide bonds. The molecule has 12 heavy (non-hydrogen) atoms. The molecule has 0 atom stereocenters. The van der Waals surface area contributed by atoms with Crippen LogP contribution in [0.4, 0.5) is 0 Å². The molecule has 0 radical (unpaired) electrons. The van der Waals surface area contributed by atoms with Crippen LogP contribution in [-0.4, -0.2) is 10.5 Å². The van der Waals surface area contributed by atoms with Crippen molar-refractivity contribution in [1.82, 2.24) is 4.98 Å². The molecule has 0 aliphatic rings. The molecule has 0 aromatic carbocycles. The summed E-state index contributed by atoms with van der Waals surface area (Å²) in [5, 5.41) is 8.76. The molecule has 0 spiro atoms. The third kappa shape index (κ3) is 2.10. The SMILES string of the molecule is N#Cc1cc(OCBr)cnc1Cl. The number of ether oxygens (including phenoxy) is 1. The van der Waals surface area contributed by atoms with Gasteiger partial charge in [-0.25, -0.2) is 4.98 Å². The molecule has 0 saturated heterocycles. The van der Waals surface area contributed by atoms with Gasteiger partial charge in [-0.2, -0.15) is 5.26 Å². The van der Waals surface area contributed by atoms with E-state index < -0.39 is 0 Å². The molecule has 1 aromatic rings. The van der Waals surface area contributed by atoms with E-state index in [0.29, 0.717) is 16.8 Å². The van der Waals surface area contributed by atoms with Crippen molar-refractivity contribution in [3.8, 4) is 11.8 Å². The molecule has 5 heteroatoms. The Balaban J connectivity index is 2.99. The van der Waals surface area contributed by atoms with Gasteiger partial charge in [-0.3, -0.25) is 0 Å². The highest BCUT2D eigenvalue weighted by molar-refractivity contribution is 9.09. The Hall–Kier alpha value is -0.790. The third-order valence-corrected chi connectivity index (χ3v) is 1.69. The summed E-state index contributed by atoms with van der Waals surface area (Å²) in [7, 11) is 0. The van der Waals surface area contributed by atoms with Gasteiger partial charge in [0.1, 0.15) is 22.5 Å². The van der Waals surface area contributed by atoms with Gasteiger partial charge in [0.05, 0.1) is 11.8 Å². The standard InChI is InChI=1S/C7H4BrClN2O/c8-4-12-6-1-5(2-10)7(9)11-3-6/h1,3H,4H2. The van der Waals surface area contributed by atoms with Gasteiger partial charge in [-0.05, 0) is 15.9 Å². The molecule has 62 valence electrons. The molecule has 0 saturated carbocycles. The summed E-state index contributed by atoms with van der Waals surface area (Å²) in [5.74, 6) is 0.521. The predicted octanol–water partition coefficient (Wildman–Crippen LogP) is 2.34. The Labute approximate surface area is 83.1 Å². The van der Waals surface area contributed by atoms with Gasteiger partial charge in [-0.1, -0.05) is 11.6 Å². The average Bonchev–Trinajstić information content (AvgIpc) is 2.09. The topological polar surface area (TPSA) is 45.9 Å². The summed E-state index contributed by atoms with van der Waals surface area (Å²) in [5.41, 5.74) is 0.677. The van der Waals surface area contributed by atoms with Gasteiger partial charge in [0.15, 0.2) is 0 Å². The summed E-state index contributed by atoms with van der Waals surface area (Å²) < 4.78 is 5.05. The zero-order valence-electron chi connectivity index (χ0n) is 5.92. The van der Waals surface area contributed by atoms with Crippen molar-refractivity contribution in [3.05, 3.63) is 23.0 Å². The summed E-state index contributed by atoms with van der Waals surface area (Å²) >= 11 is 8.68. The molecule has 0 N–H and O–H groups in total. The molecule has 0 bridgehead atoms. The van der Waals surface area contributed by atoms with Crippen molar-refractivity contribution in [2.75, 3.05) is 5.52 Å². The first-order chi connectivity index (χ1) is 5.77. The van der Waals surface area contributed by atoms with Crippen LogP contribution in [0.3, 0.4) is 0 Å². The molecule has 0 aliphatic carbocycles. The number of rotatable bonds is 2. The second-order valence-corrected chi connectivity index (χ2v) is 2.69. The Bertz CT molecular complexity index is 324. The van der Waals surface area contributed by atoms with Crippen LogP contribution >= 0.6 is 27.5 Å². The lowest BCUT2D eigenvalue weighted by Gasteiger charge is -2.01. The van der Waals surface area contributed by atoms with Crippen LogP contribution in [0.15, 0.2) is 12.3 Å². The highest BCUT2D eigenvalue weighted by Gasteiger charge is 2.02. The van der Waals surface area contributed by atoms with Crippen LogP contribution in [0.2, 0.25) is 5.15 Å².